The Morgan fingerprint density at radius 3 is 1.86 bits per heavy atom. The van der Waals surface area contributed by atoms with E-state index in [-0.39, 0.29) is 9.76 Å². The van der Waals surface area contributed by atoms with Crippen molar-refractivity contribution in [2.75, 3.05) is 6.61 Å². The monoisotopic (exact) mass is 216 g/mol. The highest BCUT2D eigenvalue weighted by Crippen LogP contribution is 2.39. The lowest BCUT2D eigenvalue weighted by Crippen LogP contribution is -2.26. The second-order valence-corrected chi connectivity index (χ2v) is 8.21. The van der Waals surface area contributed by atoms with Crippen molar-refractivity contribution in [3.05, 3.63) is 0 Å². The van der Waals surface area contributed by atoms with Gasteiger partial charge in [-0.2, -0.15) is 0 Å². The molecule has 0 rings (SSSR count). The molecule has 0 aliphatic carbocycles. The lowest BCUT2D eigenvalue weighted by atomic mass is 9.81. The maximum Gasteiger partial charge on any atom is 0.165 e. The van der Waals surface area contributed by atoms with E-state index in [0.717, 1.165) is 12.1 Å². The van der Waals surface area contributed by atoms with Crippen molar-refractivity contribution in [3.8, 4) is 0 Å². The van der Waals surface area contributed by atoms with Crippen molar-refractivity contribution in [1.82, 2.24) is 0 Å². The standard InChI is InChI=1S/C12H28OSi/c1-8-13-14-10(12(5,6)7)9-11(2,3)4/h10H,8-9,14H2,1-7H3. The molecule has 14 heavy (non-hydrogen) atoms. The molecule has 2 heteroatoms. The van der Waals surface area contributed by atoms with Crippen LogP contribution in [0.15, 0.2) is 0 Å². The summed E-state index contributed by atoms with van der Waals surface area (Å²) in [6, 6.07) is 0. The van der Waals surface area contributed by atoms with E-state index in [9.17, 15) is 0 Å². The predicted octanol–water partition coefficient (Wildman–Crippen LogP) is 3.38. The van der Waals surface area contributed by atoms with E-state index in [0.29, 0.717) is 10.8 Å². The Bertz CT molecular complexity index is 153. The van der Waals surface area contributed by atoms with Crippen LogP contribution in [0.5, 0.6) is 0 Å². The Morgan fingerprint density at radius 2 is 1.57 bits per heavy atom. The molecule has 0 heterocycles. The van der Waals surface area contributed by atoms with Gasteiger partial charge < -0.3 is 4.43 Å². The first kappa shape index (κ1) is 14.2. The van der Waals surface area contributed by atoms with Gasteiger partial charge >= 0.3 is 0 Å². The smallest absolute Gasteiger partial charge is 0.165 e. The van der Waals surface area contributed by atoms with Crippen LogP contribution < -0.4 is 0 Å². The number of hydrogen-bond acceptors (Lipinski definition) is 1. The molecule has 0 N–H and O–H groups in total. The van der Waals surface area contributed by atoms with E-state index in [1.165, 1.54) is 6.42 Å². The van der Waals surface area contributed by atoms with Crippen LogP contribution in [-0.2, 0) is 4.43 Å². The van der Waals surface area contributed by atoms with Gasteiger partial charge in [0.2, 0.25) is 0 Å². The summed E-state index contributed by atoms with van der Waals surface area (Å²) in [5.74, 6) is 0. The fourth-order valence-electron chi connectivity index (χ4n) is 1.61. The maximum atomic E-state index is 5.71. The number of rotatable bonds is 4. The Kier molecular flexibility index (Phi) is 5.38. The van der Waals surface area contributed by atoms with E-state index >= 15 is 0 Å². The average molecular weight is 216 g/mol. The van der Waals surface area contributed by atoms with Crippen molar-refractivity contribution in [2.45, 2.75) is 60.4 Å². The van der Waals surface area contributed by atoms with Crippen LogP contribution in [-0.4, -0.2) is 16.4 Å². The zero-order valence-corrected chi connectivity index (χ0v) is 12.5. The molecule has 0 aromatic rings. The first-order chi connectivity index (χ1) is 6.17. The Balaban J connectivity index is 4.26. The fraction of sp³-hybridized carbons (Fsp3) is 1.00. The van der Waals surface area contributed by atoms with Crippen molar-refractivity contribution in [2.24, 2.45) is 10.8 Å². The highest BCUT2D eigenvalue weighted by Gasteiger charge is 2.29. The molecule has 0 saturated heterocycles. The normalized spacial score (nSPS) is 16.5. The van der Waals surface area contributed by atoms with Crippen LogP contribution >= 0.6 is 0 Å². The molecule has 0 spiro atoms. The van der Waals surface area contributed by atoms with Gasteiger partial charge in [0.1, 0.15) is 0 Å². The summed E-state index contributed by atoms with van der Waals surface area (Å²) in [5.41, 5.74) is 1.64. The molecule has 0 bridgehead atoms. The summed E-state index contributed by atoms with van der Waals surface area (Å²) in [4.78, 5) is 0. The minimum atomic E-state index is -0.359. The Hall–Kier alpha value is 0.177. The molecule has 0 radical (unpaired) electrons. The molecule has 1 unspecified atom stereocenters. The van der Waals surface area contributed by atoms with E-state index < -0.39 is 0 Å². The Morgan fingerprint density at radius 1 is 1.07 bits per heavy atom. The molecule has 0 saturated carbocycles. The van der Waals surface area contributed by atoms with Gasteiger partial charge in [0.15, 0.2) is 9.76 Å². The molecule has 0 aliphatic rings. The summed E-state index contributed by atoms with van der Waals surface area (Å²) in [5, 5.41) is 0. The van der Waals surface area contributed by atoms with Crippen molar-refractivity contribution < 1.29 is 4.43 Å². The van der Waals surface area contributed by atoms with Gasteiger partial charge in [-0.05, 0) is 29.7 Å². The predicted molar refractivity (Wildman–Crippen MR) is 67.4 cm³/mol. The van der Waals surface area contributed by atoms with Gasteiger partial charge in [-0.15, -0.1) is 0 Å². The van der Waals surface area contributed by atoms with Gasteiger partial charge in [0.05, 0.1) is 0 Å². The van der Waals surface area contributed by atoms with Crippen molar-refractivity contribution in [3.63, 3.8) is 0 Å². The third-order valence-corrected chi connectivity index (χ3v) is 5.17. The first-order valence-corrected chi connectivity index (χ1v) is 7.14. The summed E-state index contributed by atoms with van der Waals surface area (Å²) in [7, 11) is -0.359. The minimum absolute atomic E-state index is 0.359. The SMILES string of the molecule is CCO[SiH2]C(CC(C)(C)C)C(C)(C)C. The van der Waals surface area contributed by atoms with Crippen LogP contribution in [0.3, 0.4) is 0 Å². The zero-order chi connectivity index (χ0) is 11.4. The van der Waals surface area contributed by atoms with Gasteiger partial charge in [-0.3, -0.25) is 0 Å². The lowest BCUT2D eigenvalue weighted by molar-refractivity contribution is 0.246. The van der Waals surface area contributed by atoms with Gasteiger partial charge in [-0.1, -0.05) is 41.5 Å². The molecule has 0 amide bonds. The third-order valence-electron chi connectivity index (χ3n) is 2.61. The molecule has 0 aromatic carbocycles. The molecule has 1 nitrogen and oxygen atoms in total. The summed E-state index contributed by atoms with van der Waals surface area (Å²) in [6.45, 7) is 17.0. The topological polar surface area (TPSA) is 9.23 Å². The second-order valence-electron chi connectivity index (χ2n) is 6.49. The van der Waals surface area contributed by atoms with Crippen LogP contribution in [0.1, 0.15) is 54.9 Å². The van der Waals surface area contributed by atoms with Gasteiger partial charge in [0, 0.05) is 6.61 Å². The van der Waals surface area contributed by atoms with Crippen LogP contribution in [0.25, 0.3) is 0 Å². The highest BCUT2D eigenvalue weighted by molar-refractivity contribution is 6.29. The number of hydrogen-bond donors (Lipinski definition) is 0. The molecule has 0 fully saturated rings. The van der Waals surface area contributed by atoms with Crippen molar-refractivity contribution in [1.29, 1.82) is 0 Å². The van der Waals surface area contributed by atoms with E-state index in [4.69, 9.17) is 4.43 Å². The van der Waals surface area contributed by atoms with E-state index in [1.54, 1.807) is 0 Å². The molecule has 86 valence electrons. The Labute approximate surface area is 92.6 Å². The molecular formula is C12H28OSi. The van der Waals surface area contributed by atoms with Crippen LogP contribution in [0.4, 0.5) is 0 Å². The maximum absolute atomic E-state index is 5.71. The largest absolute Gasteiger partial charge is 0.424 e. The van der Waals surface area contributed by atoms with Crippen molar-refractivity contribution >= 4 is 9.76 Å². The molecular weight excluding hydrogens is 188 g/mol. The summed E-state index contributed by atoms with van der Waals surface area (Å²) >= 11 is 0. The molecule has 1 atom stereocenters. The van der Waals surface area contributed by atoms with Gasteiger partial charge in [0.25, 0.3) is 0 Å². The summed E-state index contributed by atoms with van der Waals surface area (Å²) < 4.78 is 5.71. The molecule has 0 aromatic heterocycles. The van der Waals surface area contributed by atoms with Crippen LogP contribution in [0, 0.1) is 10.8 Å². The third kappa shape index (κ3) is 6.60. The minimum Gasteiger partial charge on any atom is -0.424 e. The second kappa shape index (κ2) is 5.31. The quantitative estimate of drug-likeness (QED) is 0.655. The van der Waals surface area contributed by atoms with Crippen LogP contribution in [0.2, 0.25) is 5.54 Å². The fourth-order valence-corrected chi connectivity index (χ4v) is 3.62. The molecule has 0 aliphatic heterocycles. The first-order valence-electron chi connectivity index (χ1n) is 5.74. The average Bonchev–Trinajstić information content (AvgIpc) is 1.93. The zero-order valence-electron chi connectivity index (χ0n) is 11.1. The lowest BCUT2D eigenvalue weighted by Gasteiger charge is -2.35. The highest BCUT2D eigenvalue weighted by atomic mass is 28.2. The van der Waals surface area contributed by atoms with E-state index in [1.807, 2.05) is 0 Å². The van der Waals surface area contributed by atoms with Gasteiger partial charge in [-0.25, -0.2) is 0 Å². The summed E-state index contributed by atoms with van der Waals surface area (Å²) in [6.07, 6.45) is 1.29. The van der Waals surface area contributed by atoms with E-state index in [2.05, 4.69) is 48.5 Å².